The van der Waals surface area contributed by atoms with E-state index in [0.29, 0.717) is 50.3 Å². The van der Waals surface area contributed by atoms with E-state index in [2.05, 4.69) is 31.4 Å². The third-order valence-electron chi connectivity index (χ3n) is 8.48. The van der Waals surface area contributed by atoms with Gasteiger partial charge in [0.15, 0.2) is 0 Å². The van der Waals surface area contributed by atoms with Gasteiger partial charge >= 0.3 is 0 Å². The molecule has 3 amide bonds. The van der Waals surface area contributed by atoms with Gasteiger partial charge in [0.05, 0.1) is 24.0 Å². The Morgan fingerprint density at radius 3 is 2.38 bits per heavy atom. The zero-order valence-corrected chi connectivity index (χ0v) is 25.1. The van der Waals surface area contributed by atoms with Crippen molar-refractivity contribution in [1.82, 2.24) is 10.2 Å². The lowest BCUT2D eigenvalue weighted by Gasteiger charge is -2.38. The Balaban J connectivity index is 1.64. The smallest absolute Gasteiger partial charge is 0.246 e. The standard InChI is InChI=1S/C31H47N3O6/c1-8-39-21-13-11-20(12-14-21)32-25(36)22-23-27(38)34(17-9-10-18-35)24(31(23)16-15-30(22,7)40-31)26(37)33-29(5,6)19-28(2,3)4/h11-14,22-24,35H,8-10,15-19H2,1-7H3,(H,32,36)(H,33,37)/t22-,23+,24?,30+,31?/m1/s1. The molecule has 3 heterocycles. The van der Waals surface area contributed by atoms with Gasteiger partial charge in [0.2, 0.25) is 17.7 Å². The highest BCUT2D eigenvalue weighted by molar-refractivity contribution is 6.02. The van der Waals surface area contributed by atoms with Crippen LogP contribution in [0, 0.1) is 17.3 Å². The molecule has 5 atom stereocenters. The van der Waals surface area contributed by atoms with Crippen LogP contribution in [0.3, 0.4) is 0 Å². The molecule has 1 spiro atoms. The molecule has 3 fully saturated rings. The first-order valence-corrected chi connectivity index (χ1v) is 14.6. The van der Waals surface area contributed by atoms with Crippen molar-refractivity contribution in [3.63, 3.8) is 0 Å². The molecule has 9 heteroatoms. The molecular weight excluding hydrogens is 510 g/mol. The molecule has 2 bridgehead atoms. The molecule has 3 aliphatic heterocycles. The number of unbranched alkanes of at least 4 members (excludes halogenated alkanes) is 1. The fraction of sp³-hybridized carbons (Fsp3) is 0.710. The van der Waals surface area contributed by atoms with Crippen molar-refractivity contribution in [3.8, 4) is 5.75 Å². The third-order valence-corrected chi connectivity index (χ3v) is 8.48. The zero-order valence-electron chi connectivity index (χ0n) is 25.1. The Hall–Kier alpha value is -2.65. The van der Waals surface area contributed by atoms with Crippen molar-refractivity contribution in [1.29, 1.82) is 0 Å². The van der Waals surface area contributed by atoms with Crippen LogP contribution in [0.4, 0.5) is 5.69 Å². The molecule has 40 heavy (non-hydrogen) atoms. The predicted octanol–water partition coefficient (Wildman–Crippen LogP) is 3.89. The summed E-state index contributed by atoms with van der Waals surface area (Å²) in [7, 11) is 0. The predicted molar refractivity (Wildman–Crippen MR) is 153 cm³/mol. The van der Waals surface area contributed by atoms with Gasteiger partial charge in [-0.25, -0.2) is 0 Å². The molecule has 0 saturated carbocycles. The Kier molecular flexibility index (Phi) is 8.31. The van der Waals surface area contributed by atoms with Crippen molar-refractivity contribution >= 4 is 23.4 Å². The van der Waals surface area contributed by atoms with Crippen molar-refractivity contribution in [3.05, 3.63) is 24.3 Å². The molecule has 4 rings (SSSR count). The highest BCUT2D eigenvalue weighted by Gasteiger charge is 2.77. The number of aliphatic hydroxyl groups is 1. The molecule has 3 N–H and O–H groups in total. The number of likely N-dealkylation sites (tertiary alicyclic amines) is 1. The normalized spacial score (nSPS) is 29.4. The third kappa shape index (κ3) is 5.73. The summed E-state index contributed by atoms with van der Waals surface area (Å²) < 4.78 is 12.2. The quantitative estimate of drug-likeness (QED) is 0.356. The number of hydrogen-bond acceptors (Lipinski definition) is 6. The number of amides is 3. The molecule has 2 unspecified atom stereocenters. The molecule has 1 aromatic rings. The van der Waals surface area contributed by atoms with E-state index in [-0.39, 0.29) is 29.7 Å². The molecule has 3 saturated heterocycles. The lowest BCUT2D eigenvalue weighted by molar-refractivity contribution is -0.146. The minimum absolute atomic E-state index is 0.00771. The van der Waals surface area contributed by atoms with Crippen LogP contribution in [-0.2, 0) is 19.1 Å². The van der Waals surface area contributed by atoms with Crippen LogP contribution in [0.5, 0.6) is 5.75 Å². The fourth-order valence-corrected chi connectivity index (χ4v) is 7.55. The summed E-state index contributed by atoms with van der Waals surface area (Å²) in [5, 5.41) is 15.6. The maximum atomic E-state index is 14.1. The van der Waals surface area contributed by atoms with Crippen LogP contribution < -0.4 is 15.4 Å². The average molecular weight is 558 g/mol. The number of rotatable bonds is 11. The molecule has 222 valence electrons. The molecule has 3 aliphatic rings. The molecule has 0 aromatic heterocycles. The molecular formula is C31H47N3O6. The van der Waals surface area contributed by atoms with Crippen LogP contribution in [0.2, 0.25) is 0 Å². The monoisotopic (exact) mass is 557 g/mol. The number of carbonyl (C=O) groups excluding carboxylic acids is 3. The number of nitrogens with one attached hydrogen (secondary N) is 2. The second-order valence-electron chi connectivity index (χ2n) is 13.7. The largest absolute Gasteiger partial charge is 0.494 e. The number of benzene rings is 1. The summed E-state index contributed by atoms with van der Waals surface area (Å²) in [6.07, 6.45) is 2.93. The zero-order chi connectivity index (χ0) is 29.5. The van der Waals surface area contributed by atoms with E-state index in [9.17, 15) is 19.5 Å². The first kappa shape index (κ1) is 30.3. The van der Waals surface area contributed by atoms with E-state index in [1.54, 1.807) is 29.2 Å². The number of carbonyl (C=O) groups is 3. The second kappa shape index (κ2) is 11.0. The number of nitrogens with zero attached hydrogens (tertiary/aromatic N) is 1. The average Bonchev–Trinajstić information content (AvgIpc) is 3.39. The molecule has 9 nitrogen and oxygen atoms in total. The number of aliphatic hydroxyl groups excluding tert-OH is 1. The first-order valence-electron chi connectivity index (χ1n) is 14.6. The van der Waals surface area contributed by atoms with Crippen LogP contribution in [0.15, 0.2) is 24.3 Å². The van der Waals surface area contributed by atoms with Crippen molar-refractivity contribution < 1.29 is 29.0 Å². The summed E-state index contributed by atoms with van der Waals surface area (Å²) >= 11 is 0. The number of hydrogen-bond donors (Lipinski definition) is 3. The van der Waals surface area contributed by atoms with Crippen LogP contribution in [0.25, 0.3) is 0 Å². The van der Waals surface area contributed by atoms with Crippen molar-refractivity contribution in [2.45, 2.75) is 103 Å². The van der Waals surface area contributed by atoms with Crippen LogP contribution >= 0.6 is 0 Å². The summed E-state index contributed by atoms with van der Waals surface area (Å²) in [5.41, 5.74) is -1.84. The van der Waals surface area contributed by atoms with Crippen molar-refractivity contribution in [2.75, 3.05) is 25.1 Å². The second-order valence-corrected chi connectivity index (χ2v) is 13.7. The van der Waals surface area contributed by atoms with Crippen molar-refractivity contribution in [2.24, 2.45) is 17.3 Å². The van der Waals surface area contributed by atoms with Gasteiger partial charge in [0.1, 0.15) is 17.4 Å². The van der Waals surface area contributed by atoms with Gasteiger partial charge in [-0.2, -0.15) is 0 Å². The van der Waals surface area contributed by atoms with Crippen LogP contribution in [0.1, 0.15) is 80.6 Å². The lowest BCUT2D eigenvalue weighted by atomic mass is 9.66. The van der Waals surface area contributed by atoms with Gasteiger partial charge < -0.3 is 30.1 Å². The van der Waals surface area contributed by atoms with Gasteiger partial charge in [-0.15, -0.1) is 0 Å². The highest BCUT2D eigenvalue weighted by atomic mass is 16.5. The van der Waals surface area contributed by atoms with Gasteiger partial charge in [0, 0.05) is 24.4 Å². The molecule has 0 aliphatic carbocycles. The fourth-order valence-electron chi connectivity index (χ4n) is 7.55. The minimum Gasteiger partial charge on any atom is -0.494 e. The maximum Gasteiger partial charge on any atom is 0.246 e. The van der Waals surface area contributed by atoms with E-state index in [0.717, 1.165) is 6.42 Å². The Morgan fingerprint density at radius 1 is 1.10 bits per heavy atom. The maximum absolute atomic E-state index is 14.1. The van der Waals surface area contributed by atoms with Gasteiger partial charge in [0.25, 0.3) is 0 Å². The highest BCUT2D eigenvalue weighted by Crippen LogP contribution is 2.63. The molecule has 0 radical (unpaired) electrons. The Labute approximate surface area is 238 Å². The topological polar surface area (TPSA) is 117 Å². The van der Waals surface area contributed by atoms with E-state index in [1.165, 1.54) is 0 Å². The Bertz CT molecular complexity index is 1110. The van der Waals surface area contributed by atoms with Gasteiger partial charge in [-0.1, -0.05) is 20.8 Å². The Morgan fingerprint density at radius 2 is 1.77 bits per heavy atom. The van der Waals surface area contributed by atoms with E-state index < -0.39 is 34.6 Å². The minimum atomic E-state index is -1.08. The summed E-state index contributed by atoms with van der Waals surface area (Å²) in [6, 6.07) is 6.31. The summed E-state index contributed by atoms with van der Waals surface area (Å²) in [4.78, 5) is 43.6. The summed E-state index contributed by atoms with van der Waals surface area (Å²) in [5.74, 6) is -1.53. The van der Waals surface area contributed by atoms with Crippen LogP contribution in [-0.4, -0.2) is 70.3 Å². The number of ether oxygens (including phenoxy) is 2. The van der Waals surface area contributed by atoms with Gasteiger partial charge in [-0.3, -0.25) is 14.4 Å². The van der Waals surface area contributed by atoms with E-state index in [4.69, 9.17) is 9.47 Å². The van der Waals surface area contributed by atoms with E-state index >= 15 is 0 Å². The van der Waals surface area contributed by atoms with Gasteiger partial charge in [-0.05, 0) is 89.5 Å². The SMILES string of the molecule is CCOc1ccc(NC(=O)[C@H]2[C@H]3C(=O)N(CCCCO)C(C(=O)NC(C)(C)CC(C)(C)C)C34CC[C@]2(C)O4)cc1. The molecule has 1 aromatic carbocycles. The summed E-state index contributed by atoms with van der Waals surface area (Å²) in [6.45, 7) is 15.1. The van der Waals surface area contributed by atoms with E-state index in [1.807, 2.05) is 27.7 Å². The first-order chi connectivity index (χ1) is 18.7. The number of anilines is 1. The lowest BCUT2D eigenvalue weighted by Crippen LogP contribution is -2.59. The number of fused-ring (bicyclic) bond motifs is 1.